The highest BCUT2D eigenvalue weighted by atomic mass is 32.2. The third-order valence-corrected chi connectivity index (χ3v) is 5.06. The highest BCUT2D eigenvalue weighted by molar-refractivity contribution is 7.90. The first kappa shape index (κ1) is 17.2. The lowest BCUT2D eigenvalue weighted by atomic mass is 10.2. The zero-order valence-electron chi connectivity index (χ0n) is 12.9. The van der Waals surface area contributed by atoms with E-state index in [0.29, 0.717) is 11.4 Å². The first-order valence-corrected chi connectivity index (χ1v) is 9.71. The summed E-state index contributed by atoms with van der Waals surface area (Å²) in [7, 11) is -3.28. The number of nitrogens with zero attached hydrogens (tertiary/aromatic N) is 2. The lowest BCUT2D eigenvalue weighted by Crippen LogP contribution is -2.13. The number of rotatable bonds is 4. The van der Waals surface area contributed by atoms with Gasteiger partial charge in [0.1, 0.15) is 5.82 Å². The van der Waals surface area contributed by atoms with Crippen LogP contribution in [0.25, 0.3) is 11.4 Å². The van der Waals surface area contributed by atoms with Crippen molar-refractivity contribution < 1.29 is 17.6 Å². The number of carbonyl (C=O) groups is 1. The Morgan fingerprint density at radius 1 is 1.12 bits per heavy atom. The van der Waals surface area contributed by atoms with E-state index in [4.69, 9.17) is 0 Å². The van der Waals surface area contributed by atoms with Crippen LogP contribution in [0.3, 0.4) is 0 Å². The van der Waals surface area contributed by atoms with Crippen LogP contribution in [0.15, 0.2) is 53.4 Å². The molecule has 6 nitrogen and oxygen atoms in total. The minimum atomic E-state index is -3.28. The Morgan fingerprint density at radius 3 is 2.44 bits per heavy atom. The molecule has 3 aromatic rings. The molecule has 25 heavy (non-hydrogen) atoms. The van der Waals surface area contributed by atoms with Gasteiger partial charge in [0.15, 0.2) is 15.7 Å². The van der Waals surface area contributed by atoms with Gasteiger partial charge in [-0.15, -0.1) is 0 Å². The molecule has 0 unspecified atom stereocenters. The van der Waals surface area contributed by atoms with Gasteiger partial charge in [-0.05, 0) is 36.4 Å². The lowest BCUT2D eigenvalue weighted by molar-refractivity contribution is 0.102. The SMILES string of the molecule is CS(=O)(=O)c1ccc(-c2nsc(NC(=O)c3ccccc3F)n2)cc1. The number of halogens is 1. The molecule has 0 saturated heterocycles. The maximum atomic E-state index is 13.6. The second kappa shape index (κ2) is 6.69. The number of nitrogens with one attached hydrogen (secondary N) is 1. The lowest BCUT2D eigenvalue weighted by Gasteiger charge is -2.02. The summed E-state index contributed by atoms with van der Waals surface area (Å²) < 4.78 is 40.6. The van der Waals surface area contributed by atoms with Crippen LogP contribution in [0.5, 0.6) is 0 Å². The molecule has 0 aliphatic heterocycles. The van der Waals surface area contributed by atoms with E-state index in [9.17, 15) is 17.6 Å². The van der Waals surface area contributed by atoms with Crippen molar-refractivity contribution in [1.82, 2.24) is 9.36 Å². The largest absolute Gasteiger partial charge is 0.296 e. The quantitative estimate of drug-likeness (QED) is 0.755. The molecule has 1 aromatic heterocycles. The Morgan fingerprint density at radius 2 is 1.80 bits per heavy atom. The molecule has 128 valence electrons. The van der Waals surface area contributed by atoms with Crippen LogP contribution in [0.1, 0.15) is 10.4 Å². The van der Waals surface area contributed by atoms with Crippen molar-refractivity contribution in [3.8, 4) is 11.4 Å². The number of hydrogen-bond acceptors (Lipinski definition) is 6. The van der Waals surface area contributed by atoms with E-state index >= 15 is 0 Å². The normalized spacial score (nSPS) is 11.3. The highest BCUT2D eigenvalue weighted by Crippen LogP contribution is 2.23. The summed E-state index contributed by atoms with van der Waals surface area (Å²) in [6.07, 6.45) is 1.12. The van der Waals surface area contributed by atoms with E-state index in [0.717, 1.165) is 17.8 Å². The summed E-state index contributed by atoms with van der Waals surface area (Å²) >= 11 is 0.949. The van der Waals surface area contributed by atoms with Gasteiger partial charge in [-0.1, -0.05) is 12.1 Å². The van der Waals surface area contributed by atoms with Crippen molar-refractivity contribution in [2.45, 2.75) is 4.90 Å². The number of benzene rings is 2. The number of carbonyl (C=O) groups excluding carboxylic acids is 1. The molecule has 0 radical (unpaired) electrons. The minimum absolute atomic E-state index is 0.0863. The van der Waals surface area contributed by atoms with Crippen molar-refractivity contribution in [3.63, 3.8) is 0 Å². The first-order chi connectivity index (χ1) is 11.8. The van der Waals surface area contributed by atoms with Gasteiger partial charge in [0.2, 0.25) is 5.13 Å². The summed E-state index contributed by atoms with van der Waals surface area (Å²) in [5.41, 5.74) is 0.520. The monoisotopic (exact) mass is 377 g/mol. The first-order valence-electron chi connectivity index (χ1n) is 7.05. The predicted molar refractivity (Wildman–Crippen MR) is 92.8 cm³/mol. The van der Waals surface area contributed by atoms with E-state index in [2.05, 4.69) is 14.7 Å². The predicted octanol–water partition coefficient (Wildman–Crippen LogP) is 3.00. The second-order valence-corrected chi connectivity index (χ2v) is 7.92. The van der Waals surface area contributed by atoms with E-state index in [1.165, 1.54) is 30.3 Å². The number of sulfone groups is 1. The summed E-state index contributed by atoms with van der Waals surface area (Å²) in [6.45, 7) is 0. The number of anilines is 1. The Bertz CT molecular complexity index is 1030. The fourth-order valence-electron chi connectivity index (χ4n) is 2.05. The number of aromatic nitrogens is 2. The van der Waals surface area contributed by atoms with Crippen LogP contribution in [0, 0.1) is 5.82 Å². The molecule has 3 rings (SSSR count). The van der Waals surface area contributed by atoms with Gasteiger partial charge in [-0.2, -0.15) is 9.36 Å². The summed E-state index contributed by atoms with van der Waals surface area (Å²) in [5.74, 6) is -0.900. The molecule has 0 saturated carbocycles. The Hall–Kier alpha value is -2.65. The van der Waals surface area contributed by atoms with Gasteiger partial charge in [0.25, 0.3) is 5.91 Å². The summed E-state index contributed by atoms with van der Waals surface area (Å²) in [4.78, 5) is 16.4. The molecule has 0 aliphatic rings. The van der Waals surface area contributed by atoms with Crippen molar-refractivity contribution >= 4 is 32.4 Å². The topological polar surface area (TPSA) is 89.0 Å². The van der Waals surface area contributed by atoms with Crippen molar-refractivity contribution in [3.05, 3.63) is 59.9 Å². The van der Waals surface area contributed by atoms with E-state index in [1.54, 1.807) is 18.2 Å². The van der Waals surface area contributed by atoms with Gasteiger partial charge in [0.05, 0.1) is 10.5 Å². The summed E-state index contributed by atoms with van der Waals surface area (Å²) in [5, 5.41) is 2.71. The number of amides is 1. The molecule has 0 aliphatic carbocycles. The van der Waals surface area contributed by atoms with Crippen LogP contribution in [-0.4, -0.2) is 29.9 Å². The average Bonchev–Trinajstić information content (AvgIpc) is 3.03. The third-order valence-electron chi connectivity index (χ3n) is 3.31. The van der Waals surface area contributed by atoms with Crippen molar-refractivity contribution in [1.29, 1.82) is 0 Å². The van der Waals surface area contributed by atoms with Gasteiger partial charge >= 0.3 is 0 Å². The molecule has 0 bridgehead atoms. The molecule has 1 heterocycles. The Balaban J connectivity index is 1.79. The maximum absolute atomic E-state index is 13.6. The van der Waals surface area contributed by atoms with Crippen molar-refractivity contribution in [2.24, 2.45) is 0 Å². The summed E-state index contributed by atoms with van der Waals surface area (Å²) in [6, 6.07) is 11.7. The van der Waals surface area contributed by atoms with E-state index in [-0.39, 0.29) is 15.6 Å². The zero-order chi connectivity index (χ0) is 18.0. The fourth-order valence-corrected chi connectivity index (χ4v) is 3.27. The van der Waals surface area contributed by atoms with Gasteiger partial charge in [-0.3, -0.25) is 10.1 Å². The smallest absolute Gasteiger partial charge is 0.260 e. The van der Waals surface area contributed by atoms with Gasteiger partial charge in [0, 0.05) is 23.4 Å². The molecule has 1 amide bonds. The Kier molecular flexibility index (Phi) is 4.60. The van der Waals surface area contributed by atoms with Gasteiger partial charge in [-0.25, -0.2) is 12.8 Å². The molecule has 0 fully saturated rings. The second-order valence-electron chi connectivity index (χ2n) is 5.15. The van der Waals surface area contributed by atoms with Crippen LogP contribution >= 0.6 is 11.5 Å². The molecule has 0 spiro atoms. The van der Waals surface area contributed by atoms with E-state index < -0.39 is 21.6 Å². The Labute approximate surface area is 147 Å². The molecule has 0 atom stereocenters. The van der Waals surface area contributed by atoms with Gasteiger partial charge < -0.3 is 0 Å². The molecular weight excluding hydrogens is 365 g/mol. The van der Waals surface area contributed by atoms with Crippen molar-refractivity contribution in [2.75, 3.05) is 11.6 Å². The maximum Gasteiger partial charge on any atom is 0.260 e. The van der Waals surface area contributed by atoms with Crippen LogP contribution in [0.2, 0.25) is 0 Å². The molecule has 9 heteroatoms. The average molecular weight is 377 g/mol. The fraction of sp³-hybridized carbons (Fsp3) is 0.0625. The highest BCUT2D eigenvalue weighted by Gasteiger charge is 2.14. The molecule has 2 aromatic carbocycles. The third kappa shape index (κ3) is 3.89. The molecule has 1 N–H and O–H groups in total. The van der Waals surface area contributed by atoms with Crippen LogP contribution in [0.4, 0.5) is 9.52 Å². The number of hydrogen-bond donors (Lipinski definition) is 1. The van der Waals surface area contributed by atoms with E-state index in [1.807, 2.05) is 0 Å². The molecular formula is C16H12FN3O3S2. The standard InChI is InChI=1S/C16H12FN3O3S2/c1-25(22,23)11-8-6-10(7-9-11)14-18-16(24-20-14)19-15(21)12-4-2-3-5-13(12)17/h2-9H,1H3,(H,18,19,20,21). The van der Waals surface area contributed by atoms with Crippen LogP contribution in [-0.2, 0) is 9.84 Å². The van der Waals surface area contributed by atoms with Crippen LogP contribution < -0.4 is 5.32 Å². The minimum Gasteiger partial charge on any atom is -0.296 e. The zero-order valence-corrected chi connectivity index (χ0v) is 14.6.